The molecule has 2 N–H and O–H groups in total. The Morgan fingerprint density at radius 2 is 1.72 bits per heavy atom. The summed E-state index contributed by atoms with van der Waals surface area (Å²) in [6.07, 6.45) is 1.24. The maximum absolute atomic E-state index is 10.5. The molecule has 0 spiro atoms. The number of rotatable bonds is 6. The van der Waals surface area contributed by atoms with Gasteiger partial charge in [-0.15, -0.1) is 0 Å². The molecular formula is C15H23NO2. The second kappa shape index (κ2) is 6.55. The zero-order valence-corrected chi connectivity index (χ0v) is 11.5. The predicted molar refractivity (Wildman–Crippen MR) is 73.6 cm³/mol. The molecule has 0 aromatic heterocycles. The SMILES string of the molecule is CC(C)(C)CCNCc1ccc(CC(=O)O)cc1. The summed E-state index contributed by atoms with van der Waals surface area (Å²) in [5, 5.41) is 12.1. The van der Waals surface area contributed by atoms with Crippen LogP contribution in [0.5, 0.6) is 0 Å². The molecule has 3 nitrogen and oxygen atoms in total. The third-order valence-electron chi connectivity index (χ3n) is 2.76. The van der Waals surface area contributed by atoms with Crippen molar-refractivity contribution in [2.45, 2.75) is 40.2 Å². The minimum absolute atomic E-state index is 0.0950. The number of hydrogen-bond donors (Lipinski definition) is 2. The first-order chi connectivity index (χ1) is 8.37. The first-order valence-electron chi connectivity index (χ1n) is 6.37. The third-order valence-corrected chi connectivity index (χ3v) is 2.76. The predicted octanol–water partition coefficient (Wildman–Crippen LogP) is 2.84. The van der Waals surface area contributed by atoms with Gasteiger partial charge in [0.1, 0.15) is 0 Å². The van der Waals surface area contributed by atoms with E-state index < -0.39 is 5.97 Å². The quantitative estimate of drug-likeness (QED) is 0.762. The number of carbonyl (C=O) groups is 1. The molecule has 1 aromatic rings. The molecule has 0 unspecified atom stereocenters. The van der Waals surface area contributed by atoms with Crippen LogP contribution in [0.25, 0.3) is 0 Å². The maximum atomic E-state index is 10.5. The van der Waals surface area contributed by atoms with Gasteiger partial charge in [-0.05, 0) is 29.5 Å². The van der Waals surface area contributed by atoms with E-state index in [1.807, 2.05) is 24.3 Å². The Morgan fingerprint density at radius 1 is 1.17 bits per heavy atom. The summed E-state index contributed by atoms with van der Waals surface area (Å²) in [5.74, 6) is -0.786. The van der Waals surface area contributed by atoms with Crippen LogP contribution in [0.1, 0.15) is 38.3 Å². The minimum Gasteiger partial charge on any atom is -0.481 e. The molecule has 18 heavy (non-hydrogen) atoms. The molecule has 0 heterocycles. The summed E-state index contributed by atoms with van der Waals surface area (Å²) in [4.78, 5) is 10.5. The normalized spacial score (nSPS) is 11.5. The minimum atomic E-state index is -0.786. The zero-order chi connectivity index (χ0) is 13.6. The van der Waals surface area contributed by atoms with Crippen LogP contribution in [0.3, 0.4) is 0 Å². The van der Waals surface area contributed by atoms with Crippen LogP contribution in [0, 0.1) is 5.41 Å². The van der Waals surface area contributed by atoms with Crippen molar-refractivity contribution < 1.29 is 9.90 Å². The number of carboxylic acid groups (broad SMARTS) is 1. The molecule has 0 bridgehead atoms. The van der Waals surface area contributed by atoms with Crippen molar-refractivity contribution in [1.82, 2.24) is 5.32 Å². The van der Waals surface area contributed by atoms with Crippen molar-refractivity contribution in [3.05, 3.63) is 35.4 Å². The van der Waals surface area contributed by atoms with Crippen LogP contribution in [-0.4, -0.2) is 17.6 Å². The van der Waals surface area contributed by atoms with Crippen molar-refractivity contribution in [3.8, 4) is 0 Å². The fourth-order valence-electron chi connectivity index (χ4n) is 1.65. The lowest BCUT2D eigenvalue weighted by molar-refractivity contribution is -0.136. The van der Waals surface area contributed by atoms with E-state index >= 15 is 0 Å². The largest absolute Gasteiger partial charge is 0.481 e. The van der Waals surface area contributed by atoms with Crippen LogP contribution in [-0.2, 0) is 17.8 Å². The van der Waals surface area contributed by atoms with Gasteiger partial charge < -0.3 is 10.4 Å². The standard InChI is InChI=1S/C15H23NO2/c1-15(2,3)8-9-16-11-13-6-4-12(5-7-13)10-14(17)18/h4-7,16H,8-11H2,1-3H3,(H,17,18). The highest BCUT2D eigenvalue weighted by atomic mass is 16.4. The van der Waals surface area contributed by atoms with E-state index in [2.05, 4.69) is 26.1 Å². The monoisotopic (exact) mass is 249 g/mol. The first-order valence-corrected chi connectivity index (χ1v) is 6.37. The van der Waals surface area contributed by atoms with E-state index in [1.54, 1.807) is 0 Å². The smallest absolute Gasteiger partial charge is 0.307 e. The average Bonchev–Trinajstić information content (AvgIpc) is 2.24. The van der Waals surface area contributed by atoms with Crippen molar-refractivity contribution in [3.63, 3.8) is 0 Å². The summed E-state index contributed by atoms with van der Waals surface area (Å²) in [6.45, 7) is 8.53. The molecule has 0 aliphatic rings. The molecule has 0 amide bonds. The highest BCUT2D eigenvalue weighted by Gasteiger charge is 2.08. The highest BCUT2D eigenvalue weighted by molar-refractivity contribution is 5.70. The highest BCUT2D eigenvalue weighted by Crippen LogP contribution is 2.17. The van der Waals surface area contributed by atoms with E-state index in [-0.39, 0.29) is 6.42 Å². The number of hydrogen-bond acceptors (Lipinski definition) is 2. The first kappa shape index (κ1) is 14.7. The van der Waals surface area contributed by atoms with Gasteiger partial charge in [-0.2, -0.15) is 0 Å². The Balaban J connectivity index is 2.33. The van der Waals surface area contributed by atoms with Crippen LogP contribution >= 0.6 is 0 Å². The summed E-state index contributed by atoms with van der Waals surface area (Å²) < 4.78 is 0. The van der Waals surface area contributed by atoms with E-state index in [9.17, 15) is 4.79 Å². The topological polar surface area (TPSA) is 49.3 Å². The lowest BCUT2D eigenvalue weighted by Gasteiger charge is -2.18. The number of nitrogens with one attached hydrogen (secondary N) is 1. The molecule has 0 saturated heterocycles. The van der Waals surface area contributed by atoms with Crippen molar-refractivity contribution in [2.75, 3.05) is 6.54 Å². The summed E-state index contributed by atoms with van der Waals surface area (Å²) in [6, 6.07) is 7.74. The van der Waals surface area contributed by atoms with Crippen molar-refractivity contribution in [1.29, 1.82) is 0 Å². The molecule has 3 heteroatoms. The van der Waals surface area contributed by atoms with Gasteiger partial charge in [0.15, 0.2) is 0 Å². The Bertz CT molecular complexity index is 376. The lowest BCUT2D eigenvalue weighted by Crippen LogP contribution is -2.20. The fraction of sp³-hybridized carbons (Fsp3) is 0.533. The number of benzene rings is 1. The molecule has 0 saturated carbocycles. The van der Waals surface area contributed by atoms with E-state index in [4.69, 9.17) is 5.11 Å². The van der Waals surface area contributed by atoms with Gasteiger partial charge in [0.2, 0.25) is 0 Å². The van der Waals surface area contributed by atoms with Gasteiger partial charge in [-0.3, -0.25) is 4.79 Å². The van der Waals surface area contributed by atoms with Crippen molar-refractivity contribution in [2.24, 2.45) is 5.41 Å². The Kier molecular flexibility index (Phi) is 5.35. The molecule has 0 radical (unpaired) electrons. The lowest BCUT2D eigenvalue weighted by atomic mass is 9.92. The maximum Gasteiger partial charge on any atom is 0.307 e. The Labute approximate surface area is 109 Å². The number of carboxylic acids is 1. The van der Waals surface area contributed by atoms with Crippen LogP contribution in [0.2, 0.25) is 0 Å². The van der Waals surface area contributed by atoms with Gasteiger partial charge in [-0.25, -0.2) is 0 Å². The molecule has 100 valence electrons. The summed E-state index contributed by atoms with van der Waals surface area (Å²) >= 11 is 0. The number of aliphatic carboxylic acids is 1. The Morgan fingerprint density at radius 3 is 2.22 bits per heavy atom. The van der Waals surface area contributed by atoms with Gasteiger partial charge in [-0.1, -0.05) is 45.0 Å². The zero-order valence-electron chi connectivity index (χ0n) is 11.5. The molecule has 0 atom stereocenters. The van der Waals surface area contributed by atoms with Gasteiger partial charge in [0.05, 0.1) is 6.42 Å². The van der Waals surface area contributed by atoms with E-state index in [0.717, 1.165) is 25.1 Å². The van der Waals surface area contributed by atoms with Gasteiger partial charge >= 0.3 is 5.97 Å². The molecule has 0 aliphatic heterocycles. The van der Waals surface area contributed by atoms with Gasteiger partial charge in [0, 0.05) is 6.54 Å². The van der Waals surface area contributed by atoms with E-state index in [0.29, 0.717) is 5.41 Å². The fourth-order valence-corrected chi connectivity index (χ4v) is 1.65. The van der Waals surface area contributed by atoms with E-state index in [1.165, 1.54) is 5.56 Å². The Hall–Kier alpha value is -1.35. The summed E-state index contributed by atoms with van der Waals surface area (Å²) in [7, 11) is 0. The van der Waals surface area contributed by atoms with Crippen LogP contribution < -0.4 is 5.32 Å². The third kappa shape index (κ3) is 6.40. The second-order valence-corrected chi connectivity index (χ2v) is 5.87. The molecule has 0 fully saturated rings. The molecule has 0 aliphatic carbocycles. The van der Waals surface area contributed by atoms with Gasteiger partial charge in [0.25, 0.3) is 0 Å². The van der Waals surface area contributed by atoms with Crippen LogP contribution in [0.15, 0.2) is 24.3 Å². The summed E-state index contributed by atoms with van der Waals surface area (Å²) in [5.41, 5.74) is 2.40. The second-order valence-electron chi connectivity index (χ2n) is 5.87. The van der Waals surface area contributed by atoms with Crippen LogP contribution in [0.4, 0.5) is 0 Å². The molecule has 1 aromatic carbocycles. The average molecular weight is 249 g/mol. The molecule has 1 rings (SSSR count). The van der Waals surface area contributed by atoms with Crippen molar-refractivity contribution >= 4 is 5.97 Å². The molecular weight excluding hydrogens is 226 g/mol.